The minimum Gasteiger partial charge on any atom is -0.355 e. The first-order valence-corrected chi connectivity index (χ1v) is 6.36. The van der Waals surface area contributed by atoms with Gasteiger partial charge in [-0.05, 0) is 23.6 Å². The zero-order chi connectivity index (χ0) is 12.4. The molecule has 0 amide bonds. The van der Waals surface area contributed by atoms with Crippen molar-refractivity contribution in [2.45, 2.75) is 12.3 Å². The third-order valence-electron chi connectivity index (χ3n) is 3.30. The first kappa shape index (κ1) is 11.4. The zero-order valence-corrected chi connectivity index (χ0v) is 10.6. The van der Waals surface area contributed by atoms with Crippen molar-refractivity contribution in [3.63, 3.8) is 0 Å². The quantitative estimate of drug-likeness (QED) is 0.832. The van der Waals surface area contributed by atoms with Gasteiger partial charge in [-0.15, -0.1) is 5.10 Å². The Kier molecular flexibility index (Phi) is 3.11. The van der Waals surface area contributed by atoms with E-state index in [9.17, 15) is 0 Å². The monoisotopic (exact) mass is 260 g/mol. The molecule has 0 saturated carbocycles. The number of nitrogens with zero attached hydrogens (tertiary/aromatic N) is 4. The number of aromatic nitrogens is 3. The molecule has 5 heteroatoms. The Morgan fingerprint density at radius 3 is 2.83 bits per heavy atom. The van der Waals surface area contributed by atoms with Crippen LogP contribution in [0, 0.1) is 0 Å². The molecule has 4 nitrogen and oxygen atoms in total. The number of hydrogen-bond donors (Lipinski definition) is 0. The number of benzene rings is 1. The Bertz CT molecular complexity index is 532. The lowest BCUT2D eigenvalue weighted by atomic mass is 9.99. The van der Waals surface area contributed by atoms with Crippen LogP contribution in [-0.2, 0) is 0 Å². The van der Waals surface area contributed by atoms with Crippen molar-refractivity contribution < 1.29 is 0 Å². The second-order valence-electron chi connectivity index (χ2n) is 4.43. The van der Waals surface area contributed by atoms with E-state index in [1.807, 2.05) is 6.07 Å². The Morgan fingerprint density at radius 2 is 2.06 bits per heavy atom. The van der Waals surface area contributed by atoms with Crippen molar-refractivity contribution in [2.75, 3.05) is 18.0 Å². The fourth-order valence-corrected chi connectivity index (χ4v) is 2.52. The van der Waals surface area contributed by atoms with Gasteiger partial charge in [0.1, 0.15) is 0 Å². The average Bonchev–Trinajstić information content (AvgIpc) is 2.89. The van der Waals surface area contributed by atoms with Gasteiger partial charge in [-0.25, -0.2) is 0 Å². The summed E-state index contributed by atoms with van der Waals surface area (Å²) in [5.74, 6) is 1.37. The molecule has 1 aliphatic heterocycles. The lowest BCUT2D eigenvalue weighted by Gasteiger charge is -2.16. The second kappa shape index (κ2) is 4.90. The van der Waals surface area contributed by atoms with E-state index < -0.39 is 0 Å². The van der Waals surface area contributed by atoms with Gasteiger partial charge in [0.05, 0.1) is 6.20 Å². The molecule has 0 bridgehead atoms. The largest absolute Gasteiger partial charge is 0.355 e. The fourth-order valence-electron chi connectivity index (χ4n) is 2.39. The molecular weight excluding hydrogens is 248 g/mol. The van der Waals surface area contributed by atoms with Crippen LogP contribution in [0.4, 0.5) is 5.82 Å². The molecule has 1 aromatic heterocycles. The highest BCUT2D eigenvalue weighted by atomic mass is 35.5. The molecule has 92 valence electrons. The second-order valence-corrected chi connectivity index (χ2v) is 4.76. The maximum absolute atomic E-state index is 5.77. The van der Waals surface area contributed by atoms with Crippen LogP contribution in [0.15, 0.2) is 36.5 Å². The molecule has 1 aliphatic rings. The van der Waals surface area contributed by atoms with E-state index in [0.717, 1.165) is 25.3 Å². The molecule has 18 heavy (non-hydrogen) atoms. The SMILES string of the molecule is Clc1nncc(N2CCC(c3ccccc3)C2)n1. The van der Waals surface area contributed by atoms with Crippen LogP contribution >= 0.6 is 11.6 Å². The molecule has 3 rings (SSSR count). The Balaban J connectivity index is 1.76. The highest BCUT2D eigenvalue weighted by Crippen LogP contribution is 2.29. The fraction of sp³-hybridized carbons (Fsp3) is 0.308. The van der Waals surface area contributed by atoms with Crippen molar-refractivity contribution in [1.29, 1.82) is 0 Å². The van der Waals surface area contributed by atoms with Gasteiger partial charge in [0, 0.05) is 19.0 Å². The van der Waals surface area contributed by atoms with Crippen molar-refractivity contribution in [2.24, 2.45) is 0 Å². The average molecular weight is 261 g/mol. The summed E-state index contributed by atoms with van der Waals surface area (Å²) in [6.45, 7) is 1.94. The third kappa shape index (κ3) is 2.29. The summed E-state index contributed by atoms with van der Waals surface area (Å²) in [5.41, 5.74) is 1.38. The van der Waals surface area contributed by atoms with E-state index in [0.29, 0.717) is 5.92 Å². The van der Waals surface area contributed by atoms with Gasteiger partial charge in [-0.2, -0.15) is 10.1 Å². The minimum atomic E-state index is 0.204. The smallest absolute Gasteiger partial charge is 0.244 e. The van der Waals surface area contributed by atoms with Gasteiger partial charge in [0.2, 0.25) is 5.28 Å². The summed E-state index contributed by atoms with van der Waals surface area (Å²) in [6, 6.07) is 10.6. The molecule has 1 aromatic carbocycles. The van der Waals surface area contributed by atoms with Crippen LogP contribution in [0.3, 0.4) is 0 Å². The van der Waals surface area contributed by atoms with E-state index in [1.165, 1.54) is 5.56 Å². The van der Waals surface area contributed by atoms with E-state index in [-0.39, 0.29) is 5.28 Å². The predicted molar refractivity (Wildman–Crippen MR) is 70.9 cm³/mol. The Hall–Kier alpha value is -1.68. The first-order chi connectivity index (χ1) is 8.83. The number of anilines is 1. The van der Waals surface area contributed by atoms with Gasteiger partial charge >= 0.3 is 0 Å². The van der Waals surface area contributed by atoms with Crippen molar-refractivity contribution >= 4 is 17.4 Å². The van der Waals surface area contributed by atoms with E-state index >= 15 is 0 Å². The van der Waals surface area contributed by atoms with Crippen molar-refractivity contribution in [3.05, 3.63) is 47.4 Å². The molecule has 0 spiro atoms. The van der Waals surface area contributed by atoms with Gasteiger partial charge in [-0.1, -0.05) is 30.3 Å². The molecule has 0 aliphatic carbocycles. The standard InChI is InChI=1S/C13H13ClN4/c14-13-16-12(8-15-17-13)18-7-6-11(9-18)10-4-2-1-3-5-10/h1-5,8,11H,6-7,9H2. The Morgan fingerprint density at radius 1 is 1.22 bits per heavy atom. The molecule has 1 saturated heterocycles. The van der Waals surface area contributed by atoms with Crippen molar-refractivity contribution in [1.82, 2.24) is 15.2 Å². The maximum atomic E-state index is 5.77. The van der Waals surface area contributed by atoms with E-state index in [2.05, 4.69) is 44.3 Å². The molecule has 1 atom stereocenters. The molecule has 0 radical (unpaired) electrons. The normalized spacial score (nSPS) is 19.2. The third-order valence-corrected chi connectivity index (χ3v) is 3.46. The molecule has 1 fully saturated rings. The summed E-state index contributed by atoms with van der Waals surface area (Å²) in [4.78, 5) is 6.41. The van der Waals surface area contributed by atoms with Gasteiger partial charge in [0.25, 0.3) is 0 Å². The molecule has 0 N–H and O–H groups in total. The molecule has 2 heterocycles. The van der Waals surface area contributed by atoms with Crippen LogP contribution in [0.25, 0.3) is 0 Å². The van der Waals surface area contributed by atoms with E-state index in [4.69, 9.17) is 11.6 Å². The van der Waals surface area contributed by atoms with Crippen LogP contribution in [-0.4, -0.2) is 28.3 Å². The first-order valence-electron chi connectivity index (χ1n) is 5.98. The molecular formula is C13H13ClN4. The minimum absolute atomic E-state index is 0.204. The summed E-state index contributed by atoms with van der Waals surface area (Å²) in [5, 5.41) is 7.71. The van der Waals surface area contributed by atoms with E-state index in [1.54, 1.807) is 6.20 Å². The highest BCUT2D eigenvalue weighted by molar-refractivity contribution is 6.28. The number of rotatable bonds is 2. The zero-order valence-electron chi connectivity index (χ0n) is 9.83. The lowest BCUT2D eigenvalue weighted by molar-refractivity contribution is 0.773. The van der Waals surface area contributed by atoms with Crippen LogP contribution in [0.1, 0.15) is 17.9 Å². The predicted octanol–water partition coefficient (Wildman–Crippen LogP) is 2.52. The molecule has 2 aromatic rings. The lowest BCUT2D eigenvalue weighted by Crippen LogP contribution is -2.20. The summed E-state index contributed by atoms with van der Waals surface area (Å²) < 4.78 is 0. The number of hydrogen-bond acceptors (Lipinski definition) is 4. The highest BCUT2D eigenvalue weighted by Gasteiger charge is 2.24. The topological polar surface area (TPSA) is 41.9 Å². The van der Waals surface area contributed by atoms with Gasteiger partial charge in [0.15, 0.2) is 5.82 Å². The summed E-state index contributed by atoms with van der Waals surface area (Å²) in [6.07, 6.45) is 2.80. The van der Waals surface area contributed by atoms with Crippen LogP contribution in [0.2, 0.25) is 5.28 Å². The van der Waals surface area contributed by atoms with Gasteiger partial charge < -0.3 is 4.90 Å². The summed E-state index contributed by atoms with van der Waals surface area (Å²) in [7, 11) is 0. The van der Waals surface area contributed by atoms with Crippen LogP contribution < -0.4 is 4.90 Å². The molecule has 1 unspecified atom stereocenters. The van der Waals surface area contributed by atoms with Crippen LogP contribution in [0.5, 0.6) is 0 Å². The maximum Gasteiger partial charge on any atom is 0.244 e. The number of halogens is 1. The summed E-state index contributed by atoms with van der Waals surface area (Å²) >= 11 is 5.77. The Labute approximate surface area is 111 Å². The van der Waals surface area contributed by atoms with Gasteiger partial charge in [-0.3, -0.25) is 0 Å². The van der Waals surface area contributed by atoms with Crippen molar-refractivity contribution in [3.8, 4) is 0 Å².